The van der Waals surface area contributed by atoms with E-state index in [0.29, 0.717) is 0 Å². The van der Waals surface area contributed by atoms with Crippen LogP contribution in [-0.4, -0.2) is 58.9 Å². The van der Waals surface area contributed by atoms with E-state index in [0.717, 1.165) is 45.3 Å². The van der Waals surface area contributed by atoms with E-state index in [4.69, 9.17) is 9.59 Å². The van der Waals surface area contributed by atoms with Crippen LogP contribution in [-0.2, 0) is 42.6 Å². The van der Waals surface area contributed by atoms with Crippen molar-refractivity contribution in [3.05, 3.63) is 36.4 Å². The Morgan fingerprint density at radius 3 is 0.486 bits per heavy atom. The zero-order chi connectivity index (χ0) is 45.8. The Hall–Kier alpha value is 1.45. The van der Waals surface area contributed by atoms with Crippen molar-refractivity contribution in [1.82, 2.24) is 0 Å². The van der Waals surface area contributed by atoms with Gasteiger partial charge >= 0.3 is 33.0 Å². The SMILES string of the molecule is [CH-]=O.[CH-]=O.[CH3-].[CH3-].[Ni+2].[Ni+2].c1scc([PH+](C2CCCCC2)C2CCCCC2)c1[PH+](C1CCCCC1)C1CCCCC1.c1scc([PH+](C2CCCCC2)C2CCCCC2)c1[PH+](C1CCCCC1)C1CCCCC1. The Balaban J connectivity index is 0.000000328. The van der Waals surface area contributed by atoms with Gasteiger partial charge in [0.15, 0.2) is 0 Å². The van der Waals surface area contributed by atoms with Gasteiger partial charge in [-0.05, 0) is 205 Å². The molecule has 404 valence electrons. The summed E-state index contributed by atoms with van der Waals surface area (Å²) in [5.41, 5.74) is 8.86. The fraction of sp³-hybridized carbons (Fsp3) is 0.800. The number of rotatable bonds is 12. The predicted octanol–water partition coefficient (Wildman–Crippen LogP) is 17.9. The van der Waals surface area contributed by atoms with Crippen LogP contribution < -0.4 is 21.2 Å². The van der Waals surface area contributed by atoms with Crippen molar-refractivity contribution in [3.8, 4) is 0 Å². The molecule has 8 fully saturated rings. The topological polar surface area (TPSA) is 34.1 Å². The van der Waals surface area contributed by atoms with E-state index in [1.54, 1.807) is 103 Å². The first-order valence-electron chi connectivity index (χ1n) is 28.9. The Kier molecular flexibility index (Phi) is 35.0. The van der Waals surface area contributed by atoms with Gasteiger partial charge in [0.05, 0.1) is 45.3 Å². The maximum atomic E-state index is 7.75. The van der Waals surface area contributed by atoms with E-state index in [2.05, 4.69) is 57.8 Å². The summed E-state index contributed by atoms with van der Waals surface area (Å²) in [6.07, 6.45) is 62.0. The average Bonchev–Trinajstić information content (AvgIpc) is 4.09. The van der Waals surface area contributed by atoms with Crippen molar-refractivity contribution in [2.75, 3.05) is 0 Å². The van der Waals surface area contributed by atoms with Crippen molar-refractivity contribution < 1.29 is 42.6 Å². The van der Waals surface area contributed by atoms with Gasteiger partial charge < -0.3 is 24.4 Å². The largest absolute Gasteiger partial charge is 2.00 e. The fourth-order valence-electron chi connectivity index (χ4n) is 15.9. The molecule has 0 saturated heterocycles. The van der Waals surface area contributed by atoms with E-state index in [9.17, 15) is 0 Å². The molecule has 0 atom stereocenters. The van der Waals surface area contributed by atoms with Gasteiger partial charge in [-0.3, -0.25) is 13.6 Å². The molecule has 2 nitrogen and oxygen atoms in total. The Bertz CT molecular complexity index is 1280. The van der Waals surface area contributed by atoms with Crippen molar-refractivity contribution in [2.24, 2.45) is 0 Å². The van der Waals surface area contributed by atoms with Crippen LogP contribution in [0.4, 0.5) is 0 Å². The summed E-state index contributed by atoms with van der Waals surface area (Å²) >= 11 is 4.26. The van der Waals surface area contributed by atoms with E-state index in [-0.39, 0.29) is 47.8 Å². The van der Waals surface area contributed by atoms with Crippen LogP contribution in [0.1, 0.15) is 257 Å². The van der Waals surface area contributed by atoms with Gasteiger partial charge in [-0.2, -0.15) is 0 Å². The van der Waals surface area contributed by atoms with Crippen molar-refractivity contribution in [1.29, 1.82) is 0 Å². The number of thiophene rings is 2. The smallest absolute Gasteiger partial charge is 0.545 e. The Morgan fingerprint density at radius 2 is 0.371 bits per heavy atom. The van der Waals surface area contributed by atoms with Gasteiger partial charge in [0, 0.05) is 53.2 Å². The molecule has 2 heterocycles. The molecule has 10 rings (SSSR count). The molecule has 2 aromatic rings. The van der Waals surface area contributed by atoms with Gasteiger partial charge in [0.2, 0.25) is 0 Å². The summed E-state index contributed by atoms with van der Waals surface area (Å²) in [6.45, 7) is 6.50. The first-order chi connectivity index (χ1) is 32.8. The molecule has 0 amide bonds. The quantitative estimate of drug-likeness (QED) is 0.0919. The van der Waals surface area contributed by atoms with E-state index >= 15 is 0 Å². The zero-order valence-corrected chi connectivity index (χ0v) is 52.2. The second kappa shape index (κ2) is 37.3. The standard InChI is InChI=1S/2C28H46P2S.2CHO.2CH3.2Ni/c2*1-5-13-23(14-6-1)29(24-15-7-2-8-16-24)27-21-31-22-28(27)30(25-17-9-3-10-18-25)26-19-11-4-12-20-26;2*1-2;;;;/h2*21-26H,1-20H2;2*1H;2*1H3;;/q;;4*-1;2*+2/p+4. The first kappa shape index (κ1) is 65.7. The molecular weight excluding hydrogens is 1060 g/mol. The molecule has 0 spiro atoms. The second-order valence-corrected chi connectivity index (χ2v) is 36.7. The van der Waals surface area contributed by atoms with Gasteiger partial charge in [0.1, 0.15) is 21.2 Å². The summed E-state index contributed by atoms with van der Waals surface area (Å²) in [7, 11) is -1.58. The van der Waals surface area contributed by atoms with Crippen LogP contribution >= 0.6 is 54.4 Å². The Labute approximate surface area is 466 Å². The molecule has 8 aliphatic rings. The second-order valence-electron chi connectivity index (χ2n) is 22.9. The molecular formula is C60H104Ni2O2P4S2+4. The summed E-state index contributed by atoms with van der Waals surface area (Å²) in [4.78, 5) is 15.5. The van der Waals surface area contributed by atoms with E-state index < -0.39 is 31.7 Å². The number of hydrogen-bond acceptors (Lipinski definition) is 4. The molecule has 70 heavy (non-hydrogen) atoms. The van der Waals surface area contributed by atoms with Crippen LogP contribution in [0.3, 0.4) is 0 Å². The molecule has 10 heteroatoms. The molecule has 0 aromatic carbocycles. The third kappa shape index (κ3) is 18.3. The van der Waals surface area contributed by atoms with Crippen LogP contribution in [0.5, 0.6) is 0 Å². The van der Waals surface area contributed by atoms with Crippen LogP contribution in [0.2, 0.25) is 0 Å². The fourth-order valence-corrected chi connectivity index (χ4v) is 38.2. The van der Waals surface area contributed by atoms with Gasteiger partial charge in [0.25, 0.3) is 0 Å². The van der Waals surface area contributed by atoms with Crippen LogP contribution in [0.25, 0.3) is 0 Å². The first-order valence-corrected chi connectivity index (χ1v) is 37.4. The third-order valence-electron chi connectivity index (χ3n) is 18.9. The van der Waals surface area contributed by atoms with Crippen molar-refractivity contribution in [3.63, 3.8) is 0 Å². The summed E-state index contributed by atoms with van der Waals surface area (Å²) in [6, 6.07) is 0. The summed E-state index contributed by atoms with van der Waals surface area (Å²) < 4.78 is 0. The molecule has 0 aliphatic heterocycles. The van der Waals surface area contributed by atoms with Crippen LogP contribution in [0.15, 0.2) is 21.5 Å². The van der Waals surface area contributed by atoms with Crippen molar-refractivity contribution in [2.45, 2.75) is 302 Å². The molecule has 2 aromatic heterocycles. The molecule has 0 unspecified atom stereocenters. The third-order valence-corrected chi connectivity index (χ3v) is 37.6. The number of carbonyl (C=O) groups excluding carboxylic acids is 2. The molecule has 8 saturated carbocycles. The maximum Gasteiger partial charge on any atom is 2.00 e. The monoisotopic (exact) mass is 1160 g/mol. The zero-order valence-electron chi connectivity index (χ0n) is 44.6. The number of hydrogen-bond donors (Lipinski definition) is 0. The summed E-state index contributed by atoms with van der Waals surface area (Å²) in [5.74, 6) is 0. The van der Waals surface area contributed by atoms with Crippen LogP contribution in [0, 0.1) is 14.9 Å². The molecule has 0 bridgehead atoms. The minimum atomic E-state index is -0.394. The molecule has 0 radical (unpaired) electrons. The van der Waals surface area contributed by atoms with Gasteiger partial charge in [-0.15, -0.1) is 22.7 Å². The minimum absolute atomic E-state index is 0. The molecule has 8 aliphatic carbocycles. The van der Waals surface area contributed by atoms with E-state index in [1.807, 2.05) is 21.2 Å². The predicted molar refractivity (Wildman–Crippen MR) is 322 cm³/mol. The average molecular weight is 1160 g/mol. The normalized spacial score (nSPS) is 23.3. The maximum absolute atomic E-state index is 7.75. The van der Waals surface area contributed by atoms with Gasteiger partial charge in [-0.1, -0.05) is 51.4 Å². The van der Waals surface area contributed by atoms with Crippen molar-refractivity contribution >= 4 is 89.2 Å². The van der Waals surface area contributed by atoms with E-state index in [1.165, 1.54) is 154 Å². The summed E-state index contributed by atoms with van der Waals surface area (Å²) in [5, 5.41) is 19.2. The minimum Gasteiger partial charge on any atom is -0.545 e. The van der Waals surface area contributed by atoms with Gasteiger partial charge in [-0.25, -0.2) is 0 Å². The Morgan fingerprint density at radius 1 is 0.257 bits per heavy atom. The molecule has 0 N–H and O–H groups in total.